The van der Waals surface area contributed by atoms with Gasteiger partial charge < -0.3 is 9.30 Å². The molecule has 0 saturated carbocycles. The molecular formula is C15H15NO2. The summed E-state index contributed by atoms with van der Waals surface area (Å²) in [5, 5.41) is 0. The molecule has 3 heteroatoms. The molecule has 18 heavy (non-hydrogen) atoms. The molecule has 0 amide bonds. The Morgan fingerprint density at radius 3 is 2.50 bits per heavy atom. The van der Waals surface area contributed by atoms with Crippen LogP contribution in [-0.2, 0) is 7.05 Å². The molecule has 0 aliphatic heterocycles. The molecule has 92 valence electrons. The minimum atomic E-state index is -0.00156. The summed E-state index contributed by atoms with van der Waals surface area (Å²) in [6.07, 6.45) is 5.24. The van der Waals surface area contributed by atoms with Gasteiger partial charge in [-0.3, -0.25) is 4.79 Å². The average Bonchev–Trinajstić information content (AvgIpc) is 2.83. The summed E-state index contributed by atoms with van der Waals surface area (Å²) < 4.78 is 6.88. The fourth-order valence-corrected chi connectivity index (χ4v) is 1.69. The van der Waals surface area contributed by atoms with Crippen molar-refractivity contribution in [3.63, 3.8) is 0 Å². The Morgan fingerprint density at radius 2 is 1.94 bits per heavy atom. The normalized spacial score (nSPS) is 10.8. The third-order valence-electron chi connectivity index (χ3n) is 2.74. The maximum Gasteiger partial charge on any atom is 0.202 e. The van der Waals surface area contributed by atoms with Crippen LogP contribution in [0.2, 0.25) is 0 Å². The van der Waals surface area contributed by atoms with E-state index in [-0.39, 0.29) is 5.78 Å². The highest BCUT2D eigenvalue weighted by Crippen LogP contribution is 2.12. The molecular weight excluding hydrogens is 226 g/mol. The molecule has 0 fully saturated rings. The van der Waals surface area contributed by atoms with Crippen LogP contribution in [0, 0.1) is 0 Å². The van der Waals surface area contributed by atoms with Crippen LogP contribution >= 0.6 is 0 Å². The smallest absolute Gasteiger partial charge is 0.202 e. The number of aromatic nitrogens is 1. The van der Waals surface area contributed by atoms with E-state index in [1.807, 2.05) is 43.6 Å². The van der Waals surface area contributed by atoms with E-state index < -0.39 is 0 Å². The van der Waals surface area contributed by atoms with Crippen LogP contribution in [0.5, 0.6) is 5.75 Å². The first-order valence-electron chi connectivity index (χ1n) is 5.68. The van der Waals surface area contributed by atoms with Crippen LogP contribution in [0.1, 0.15) is 16.1 Å². The summed E-state index contributed by atoms with van der Waals surface area (Å²) in [6, 6.07) is 11.2. The Labute approximate surface area is 106 Å². The van der Waals surface area contributed by atoms with E-state index in [0.29, 0.717) is 5.69 Å². The first kappa shape index (κ1) is 12.2. The lowest BCUT2D eigenvalue weighted by atomic mass is 10.1. The van der Waals surface area contributed by atoms with Gasteiger partial charge in [-0.05, 0) is 35.9 Å². The molecule has 2 aromatic rings. The van der Waals surface area contributed by atoms with E-state index in [1.165, 1.54) is 0 Å². The van der Waals surface area contributed by atoms with E-state index in [9.17, 15) is 4.79 Å². The van der Waals surface area contributed by atoms with Crippen LogP contribution < -0.4 is 4.74 Å². The molecule has 1 heterocycles. The zero-order valence-electron chi connectivity index (χ0n) is 10.5. The lowest BCUT2D eigenvalue weighted by Crippen LogP contribution is -2.01. The summed E-state index contributed by atoms with van der Waals surface area (Å²) in [4.78, 5) is 11.9. The predicted molar refractivity (Wildman–Crippen MR) is 71.8 cm³/mol. The van der Waals surface area contributed by atoms with Gasteiger partial charge in [-0.2, -0.15) is 0 Å². The Hall–Kier alpha value is -2.29. The first-order chi connectivity index (χ1) is 8.70. The maximum absolute atomic E-state index is 11.9. The van der Waals surface area contributed by atoms with Gasteiger partial charge in [0.15, 0.2) is 0 Å². The van der Waals surface area contributed by atoms with E-state index in [1.54, 1.807) is 29.9 Å². The number of nitrogens with zero attached hydrogens (tertiary/aromatic N) is 1. The monoisotopic (exact) mass is 241 g/mol. The van der Waals surface area contributed by atoms with Gasteiger partial charge in [0.1, 0.15) is 5.75 Å². The fraction of sp³-hybridized carbons (Fsp3) is 0.133. The summed E-state index contributed by atoms with van der Waals surface area (Å²) in [5.74, 6) is 0.805. The number of hydrogen-bond donors (Lipinski definition) is 0. The summed E-state index contributed by atoms with van der Waals surface area (Å²) in [6.45, 7) is 0. The van der Waals surface area contributed by atoms with Gasteiger partial charge in [-0.15, -0.1) is 0 Å². The molecule has 0 radical (unpaired) electrons. The molecule has 0 aliphatic rings. The van der Waals surface area contributed by atoms with Gasteiger partial charge in [-0.25, -0.2) is 0 Å². The predicted octanol–water partition coefficient (Wildman–Crippen LogP) is 2.93. The quantitative estimate of drug-likeness (QED) is 0.608. The minimum absolute atomic E-state index is 0.00156. The molecule has 0 spiro atoms. The molecule has 2 rings (SSSR count). The highest BCUT2D eigenvalue weighted by Gasteiger charge is 2.04. The van der Waals surface area contributed by atoms with Crippen molar-refractivity contribution in [3.8, 4) is 5.75 Å². The van der Waals surface area contributed by atoms with Crippen molar-refractivity contribution in [1.82, 2.24) is 4.57 Å². The number of methoxy groups -OCH3 is 1. The van der Waals surface area contributed by atoms with Crippen LogP contribution in [-0.4, -0.2) is 17.5 Å². The third kappa shape index (κ3) is 2.69. The van der Waals surface area contributed by atoms with Gasteiger partial charge in [0.05, 0.1) is 12.8 Å². The fourth-order valence-electron chi connectivity index (χ4n) is 1.69. The van der Waals surface area contributed by atoms with Crippen LogP contribution in [0.15, 0.2) is 48.7 Å². The number of ketones is 1. The average molecular weight is 241 g/mol. The van der Waals surface area contributed by atoms with Crippen molar-refractivity contribution in [3.05, 3.63) is 59.9 Å². The third-order valence-corrected chi connectivity index (χ3v) is 2.74. The molecule has 0 bridgehead atoms. The number of benzene rings is 1. The molecule has 3 nitrogen and oxygen atoms in total. The van der Waals surface area contributed by atoms with Gasteiger partial charge in [0, 0.05) is 13.2 Å². The summed E-state index contributed by atoms with van der Waals surface area (Å²) in [5.41, 5.74) is 1.65. The number of aryl methyl sites for hydroxylation is 1. The number of hydrogen-bond acceptors (Lipinski definition) is 2. The topological polar surface area (TPSA) is 31.2 Å². The number of carbonyl (C=O) groups is 1. The Morgan fingerprint density at radius 1 is 1.22 bits per heavy atom. The minimum Gasteiger partial charge on any atom is -0.497 e. The van der Waals surface area contributed by atoms with Crippen LogP contribution in [0.3, 0.4) is 0 Å². The van der Waals surface area contributed by atoms with Crippen molar-refractivity contribution >= 4 is 11.9 Å². The van der Waals surface area contributed by atoms with Crippen molar-refractivity contribution < 1.29 is 9.53 Å². The molecule has 0 unspecified atom stereocenters. The Balaban J connectivity index is 2.11. The molecule has 1 aromatic heterocycles. The number of allylic oxidation sites excluding steroid dienone is 1. The van der Waals surface area contributed by atoms with Gasteiger partial charge in [0.2, 0.25) is 5.78 Å². The summed E-state index contributed by atoms with van der Waals surface area (Å²) in [7, 11) is 3.48. The number of rotatable bonds is 4. The molecule has 0 N–H and O–H groups in total. The molecule has 0 atom stereocenters. The Bertz CT molecular complexity index is 564. The number of carbonyl (C=O) groups excluding carboxylic acids is 1. The molecule has 0 saturated heterocycles. The van der Waals surface area contributed by atoms with Crippen LogP contribution in [0.4, 0.5) is 0 Å². The second-order valence-corrected chi connectivity index (χ2v) is 3.98. The van der Waals surface area contributed by atoms with E-state index in [0.717, 1.165) is 11.3 Å². The SMILES string of the molecule is COc1ccc(/C=C/C(=O)c2cccn2C)cc1. The van der Waals surface area contributed by atoms with Crippen molar-refractivity contribution in [2.75, 3.05) is 7.11 Å². The van der Waals surface area contributed by atoms with Gasteiger partial charge >= 0.3 is 0 Å². The second-order valence-electron chi connectivity index (χ2n) is 3.98. The lowest BCUT2D eigenvalue weighted by molar-refractivity contribution is 0.104. The van der Waals surface area contributed by atoms with Gasteiger partial charge in [-0.1, -0.05) is 18.2 Å². The Kier molecular flexibility index (Phi) is 3.63. The largest absolute Gasteiger partial charge is 0.497 e. The highest BCUT2D eigenvalue weighted by atomic mass is 16.5. The standard InChI is InChI=1S/C15H15NO2/c1-16-11-3-4-14(16)15(17)10-7-12-5-8-13(18-2)9-6-12/h3-11H,1-2H3/b10-7+. The first-order valence-corrected chi connectivity index (χ1v) is 5.68. The molecule has 1 aromatic carbocycles. The zero-order chi connectivity index (χ0) is 13.0. The molecule has 0 aliphatic carbocycles. The summed E-state index contributed by atoms with van der Waals surface area (Å²) >= 11 is 0. The second kappa shape index (κ2) is 5.36. The van der Waals surface area contributed by atoms with Crippen molar-refractivity contribution in [1.29, 1.82) is 0 Å². The van der Waals surface area contributed by atoms with E-state index in [4.69, 9.17) is 4.74 Å². The van der Waals surface area contributed by atoms with Crippen molar-refractivity contribution in [2.24, 2.45) is 7.05 Å². The number of ether oxygens (including phenoxy) is 1. The lowest BCUT2D eigenvalue weighted by Gasteiger charge is -1.99. The maximum atomic E-state index is 11.9. The van der Waals surface area contributed by atoms with E-state index >= 15 is 0 Å². The highest BCUT2D eigenvalue weighted by molar-refractivity contribution is 6.05. The zero-order valence-corrected chi connectivity index (χ0v) is 10.5. The van der Waals surface area contributed by atoms with E-state index in [2.05, 4.69) is 0 Å². The van der Waals surface area contributed by atoms with Crippen molar-refractivity contribution in [2.45, 2.75) is 0 Å². The van der Waals surface area contributed by atoms with Crippen LogP contribution in [0.25, 0.3) is 6.08 Å². The van der Waals surface area contributed by atoms with Gasteiger partial charge in [0.25, 0.3) is 0 Å².